The number of alkyl halides is 3. The summed E-state index contributed by atoms with van der Waals surface area (Å²) in [6, 6.07) is 6.14. The predicted molar refractivity (Wildman–Crippen MR) is 107 cm³/mol. The molecule has 0 bridgehead atoms. The number of ether oxygens (including phenoxy) is 2. The molecule has 0 spiro atoms. The minimum atomic E-state index is -4.77. The van der Waals surface area contributed by atoms with Crippen LogP contribution in [0, 0.1) is 11.7 Å². The number of halogens is 4. The lowest BCUT2D eigenvalue weighted by Crippen LogP contribution is -2.47. The topological polar surface area (TPSA) is 77.5 Å². The number of anilines is 1. The molecule has 32 heavy (non-hydrogen) atoms. The minimum absolute atomic E-state index is 0.0115. The molecule has 1 aromatic heterocycles. The molecule has 1 aromatic carbocycles. The van der Waals surface area contributed by atoms with Gasteiger partial charge in [0.25, 0.3) is 5.91 Å². The van der Waals surface area contributed by atoms with Gasteiger partial charge in [0.2, 0.25) is 0 Å². The standard InChI is InChI=1S/C22H22F4N2O4/c1-11-18(15-6-5-13(23)9-17(15)31-4)19(32-21(11,3)22(24,25)26)20(30)28-14-7-8-27-16(10-14)12(2)29/h5-11,18-19H,1-4H3,(H,27,28,30)/t11-,18-,19-,21-/m0/s1. The van der Waals surface area contributed by atoms with Crippen LogP contribution in [0.5, 0.6) is 5.75 Å². The van der Waals surface area contributed by atoms with Crippen molar-refractivity contribution in [3.8, 4) is 5.75 Å². The maximum absolute atomic E-state index is 13.9. The number of nitrogens with zero attached hydrogens (tertiary/aromatic N) is 1. The monoisotopic (exact) mass is 454 g/mol. The molecule has 10 heteroatoms. The van der Waals surface area contributed by atoms with Crippen LogP contribution < -0.4 is 10.1 Å². The van der Waals surface area contributed by atoms with E-state index < -0.39 is 41.4 Å². The number of aromatic nitrogens is 1. The molecule has 1 saturated heterocycles. The Labute approximate surface area is 181 Å². The van der Waals surface area contributed by atoms with Crippen molar-refractivity contribution in [1.29, 1.82) is 0 Å². The molecule has 6 nitrogen and oxygen atoms in total. The van der Waals surface area contributed by atoms with Gasteiger partial charge in [0.15, 0.2) is 11.4 Å². The van der Waals surface area contributed by atoms with Crippen molar-refractivity contribution in [3.05, 3.63) is 53.6 Å². The second kappa shape index (κ2) is 8.50. The molecule has 1 N–H and O–H groups in total. The molecule has 0 radical (unpaired) electrons. The van der Waals surface area contributed by atoms with Crippen LogP contribution in [0.2, 0.25) is 0 Å². The van der Waals surface area contributed by atoms with E-state index in [0.29, 0.717) is 0 Å². The second-order valence-corrected chi connectivity index (χ2v) is 7.82. The van der Waals surface area contributed by atoms with Crippen molar-refractivity contribution in [2.75, 3.05) is 12.4 Å². The Hall–Kier alpha value is -3.01. The zero-order valence-electron chi connectivity index (χ0n) is 17.8. The number of carbonyl (C=O) groups excluding carboxylic acids is 2. The van der Waals surface area contributed by atoms with E-state index in [1.807, 2.05) is 0 Å². The van der Waals surface area contributed by atoms with E-state index in [1.165, 1.54) is 45.4 Å². The summed E-state index contributed by atoms with van der Waals surface area (Å²) in [5, 5.41) is 2.50. The summed E-state index contributed by atoms with van der Waals surface area (Å²) in [4.78, 5) is 28.5. The minimum Gasteiger partial charge on any atom is -0.496 e. The van der Waals surface area contributed by atoms with Crippen LogP contribution in [0.1, 0.15) is 42.7 Å². The SMILES string of the molecule is COc1cc(F)ccc1[C@H]1[C@@H](C(=O)Nc2ccnc(C(C)=O)c2)O[C@](C)(C(F)(F)F)[C@H]1C. The fourth-order valence-electron chi connectivity index (χ4n) is 3.90. The highest BCUT2D eigenvalue weighted by Gasteiger charge is 2.65. The van der Waals surface area contributed by atoms with Crippen LogP contribution in [0.3, 0.4) is 0 Å². The first-order chi connectivity index (χ1) is 14.9. The number of nitrogens with one attached hydrogen (secondary N) is 1. The normalized spacial score (nSPS) is 25.4. The highest BCUT2D eigenvalue weighted by Crippen LogP contribution is 2.54. The largest absolute Gasteiger partial charge is 0.496 e. The predicted octanol–water partition coefficient (Wildman–Crippen LogP) is 4.51. The van der Waals surface area contributed by atoms with Gasteiger partial charge in [-0.05, 0) is 25.1 Å². The number of amides is 1. The molecule has 1 fully saturated rings. The lowest BCUT2D eigenvalue weighted by Gasteiger charge is -2.32. The van der Waals surface area contributed by atoms with Crippen LogP contribution in [0.15, 0.2) is 36.5 Å². The quantitative estimate of drug-likeness (QED) is 0.531. The summed E-state index contributed by atoms with van der Waals surface area (Å²) in [6.45, 7) is 3.50. The molecule has 2 aromatic rings. The average molecular weight is 454 g/mol. The molecular formula is C22H22F4N2O4. The van der Waals surface area contributed by atoms with E-state index in [1.54, 1.807) is 0 Å². The summed E-state index contributed by atoms with van der Waals surface area (Å²) in [6.07, 6.45) is -5.04. The van der Waals surface area contributed by atoms with Crippen molar-refractivity contribution < 1.29 is 36.6 Å². The van der Waals surface area contributed by atoms with Gasteiger partial charge in [-0.25, -0.2) is 4.39 Å². The Morgan fingerprint density at radius 2 is 1.91 bits per heavy atom. The number of methoxy groups -OCH3 is 1. The van der Waals surface area contributed by atoms with Crippen molar-refractivity contribution in [2.24, 2.45) is 5.92 Å². The van der Waals surface area contributed by atoms with Gasteiger partial charge in [-0.3, -0.25) is 14.6 Å². The van der Waals surface area contributed by atoms with Gasteiger partial charge >= 0.3 is 6.18 Å². The molecular weight excluding hydrogens is 432 g/mol. The molecule has 2 heterocycles. The molecule has 0 saturated carbocycles. The van der Waals surface area contributed by atoms with Crippen molar-refractivity contribution in [3.63, 3.8) is 0 Å². The molecule has 0 unspecified atom stereocenters. The summed E-state index contributed by atoms with van der Waals surface area (Å²) < 4.78 is 66.1. The number of pyridine rings is 1. The van der Waals surface area contributed by atoms with Gasteiger partial charge < -0.3 is 14.8 Å². The highest BCUT2D eigenvalue weighted by atomic mass is 19.4. The Morgan fingerprint density at radius 1 is 1.22 bits per heavy atom. The number of hydrogen-bond donors (Lipinski definition) is 1. The molecule has 172 valence electrons. The highest BCUT2D eigenvalue weighted by molar-refractivity contribution is 5.97. The van der Waals surface area contributed by atoms with Crippen LogP contribution in [0.25, 0.3) is 0 Å². The smallest absolute Gasteiger partial charge is 0.417 e. The van der Waals surface area contributed by atoms with E-state index in [-0.39, 0.29) is 28.5 Å². The Kier molecular flexibility index (Phi) is 6.28. The Balaban J connectivity index is 2.04. The first-order valence-electron chi connectivity index (χ1n) is 9.75. The Bertz CT molecular complexity index is 1040. The third-order valence-electron chi connectivity index (χ3n) is 5.87. The maximum Gasteiger partial charge on any atom is 0.417 e. The molecule has 1 aliphatic rings. The summed E-state index contributed by atoms with van der Waals surface area (Å²) in [5.74, 6) is -4.11. The second-order valence-electron chi connectivity index (χ2n) is 7.82. The van der Waals surface area contributed by atoms with Crippen LogP contribution in [-0.4, -0.2) is 41.7 Å². The number of hydrogen-bond acceptors (Lipinski definition) is 5. The summed E-state index contributed by atoms with van der Waals surface area (Å²) in [7, 11) is 1.26. The Morgan fingerprint density at radius 3 is 2.50 bits per heavy atom. The lowest BCUT2D eigenvalue weighted by atomic mass is 9.77. The van der Waals surface area contributed by atoms with Crippen molar-refractivity contribution >= 4 is 17.4 Å². The molecule has 3 rings (SSSR count). The summed E-state index contributed by atoms with van der Waals surface area (Å²) >= 11 is 0. The lowest BCUT2D eigenvalue weighted by molar-refractivity contribution is -0.272. The molecule has 1 aliphatic heterocycles. The summed E-state index contributed by atoms with van der Waals surface area (Å²) in [5.41, 5.74) is -2.16. The van der Waals surface area contributed by atoms with Gasteiger partial charge in [0, 0.05) is 42.3 Å². The molecule has 4 atom stereocenters. The third kappa shape index (κ3) is 4.19. The maximum atomic E-state index is 13.9. The number of ketones is 1. The molecule has 0 aliphatic carbocycles. The van der Waals surface area contributed by atoms with E-state index in [4.69, 9.17) is 9.47 Å². The number of carbonyl (C=O) groups is 2. The van der Waals surface area contributed by atoms with Gasteiger partial charge in [-0.2, -0.15) is 13.2 Å². The zero-order chi connectivity index (χ0) is 23.8. The number of rotatable bonds is 5. The molecule has 1 amide bonds. The number of Topliss-reactive ketones (excluding diaryl/α,β-unsaturated/α-hetero) is 1. The van der Waals surface area contributed by atoms with Crippen molar-refractivity contribution in [1.82, 2.24) is 4.98 Å². The van der Waals surface area contributed by atoms with Gasteiger partial charge in [0.1, 0.15) is 23.4 Å². The zero-order valence-corrected chi connectivity index (χ0v) is 17.8. The van der Waals surface area contributed by atoms with E-state index in [9.17, 15) is 27.2 Å². The van der Waals surface area contributed by atoms with Crippen molar-refractivity contribution in [2.45, 2.75) is 44.6 Å². The third-order valence-corrected chi connectivity index (χ3v) is 5.87. The van der Waals surface area contributed by atoms with Crippen LogP contribution in [-0.2, 0) is 9.53 Å². The van der Waals surface area contributed by atoms with E-state index in [0.717, 1.165) is 19.1 Å². The fraction of sp³-hybridized carbons (Fsp3) is 0.409. The van der Waals surface area contributed by atoms with E-state index >= 15 is 0 Å². The number of benzene rings is 1. The van der Waals surface area contributed by atoms with Gasteiger partial charge in [-0.15, -0.1) is 0 Å². The fourth-order valence-corrected chi connectivity index (χ4v) is 3.90. The first kappa shape index (κ1) is 23.6. The van der Waals surface area contributed by atoms with Gasteiger partial charge in [0.05, 0.1) is 7.11 Å². The van der Waals surface area contributed by atoms with E-state index in [2.05, 4.69) is 10.3 Å². The van der Waals surface area contributed by atoms with Crippen LogP contribution >= 0.6 is 0 Å². The average Bonchev–Trinajstić information content (AvgIpc) is 3.00. The van der Waals surface area contributed by atoms with Crippen LogP contribution in [0.4, 0.5) is 23.2 Å². The first-order valence-corrected chi connectivity index (χ1v) is 9.75. The van der Waals surface area contributed by atoms with Gasteiger partial charge in [-0.1, -0.05) is 13.0 Å².